The zero-order valence-electron chi connectivity index (χ0n) is 16.8. The monoisotopic (exact) mass is 370 g/mol. The fourth-order valence-corrected chi connectivity index (χ4v) is 2.76. The number of hydrogen-bond acceptors (Lipinski definition) is 5. The van der Waals surface area contributed by atoms with Gasteiger partial charge in [-0.25, -0.2) is 4.79 Å². The summed E-state index contributed by atoms with van der Waals surface area (Å²) in [5.74, 6) is -2.13. The summed E-state index contributed by atoms with van der Waals surface area (Å²) in [5.41, 5.74) is -0.538. The van der Waals surface area contributed by atoms with Crippen molar-refractivity contribution in [3.05, 3.63) is 34.9 Å². The summed E-state index contributed by atoms with van der Waals surface area (Å²) in [6.07, 6.45) is 2.09. The van der Waals surface area contributed by atoms with Gasteiger partial charge in [-0.15, -0.1) is 0 Å². The fourth-order valence-electron chi connectivity index (χ4n) is 2.76. The highest BCUT2D eigenvalue weighted by Gasteiger charge is 2.39. The summed E-state index contributed by atoms with van der Waals surface area (Å²) >= 11 is 0. The second-order valence-corrected chi connectivity index (χ2v) is 7.32. The number of carbonyl (C=O) groups is 1. The molecule has 0 radical (unpaired) electrons. The maximum absolute atomic E-state index is 11.0. The van der Waals surface area contributed by atoms with Gasteiger partial charge < -0.3 is 25.5 Å². The van der Waals surface area contributed by atoms with Gasteiger partial charge in [0.25, 0.3) is 0 Å². The molecule has 150 valence electrons. The topological polar surface area (TPSA) is 118 Å². The number of carboxylic acids is 1. The van der Waals surface area contributed by atoms with Crippen LogP contribution < -0.4 is 0 Å². The maximum Gasteiger partial charge on any atom is 0.338 e. The Morgan fingerprint density at radius 1 is 0.885 bits per heavy atom. The van der Waals surface area contributed by atoms with Gasteiger partial charge in [-0.1, -0.05) is 32.1 Å². The van der Waals surface area contributed by atoms with Gasteiger partial charge in [-0.2, -0.15) is 0 Å². The van der Waals surface area contributed by atoms with Crippen LogP contribution in [-0.4, -0.2) is 55.4 Å². The second-order valence-electron chi connectivity index (χ2n) is 7.32. The molecule has 0 aliphatic heterocycles. The van der Waals surface area contributed by atoms with Crippen LogP contribution in [0.1, 0.15) is 48.5 Å². The number of aliphatic hydroxyl groups excluding tert-OH is 3. The van der Waals surface area contributed by atoms with Crippen LogP contribution in [0.25, 0.3) is 0 Å². The number of allylic oxidation sites excluding steroid dienone is 1. The molecule has 26 heavy (non-hydrogen) atoms. The first-order chi connectivity index (χ1) is 11.8. The van der Waals surface area contributed by atoms with Gasteiger partial charge >= 0.3 is 5.97 Å². The molecule has 6 atom stereocenters. The average molecular weight is 370 g/mol. The highest BCUT2D eigenvalue weighted by atomic mass is 16.4. The molecule has 0 spiro atoms. The van der Waals surface area contributed by atoms with Gasteiger partial charge in [0.2, 0.25) is 0 Å². The second kappa shape index (κ2) is 10.0. The summed E-state index contributed by atoms with van der Waals surface area (Å²) in [7, 11) is 0. The third kappa shape index (κ3) is 6.36. The van der Waals surface area contributed by atoms with Crippen molar-refractivity contribution in [1.29, 1.82) is 0 Å². The summed E-state index contributed by atoms with van der Waals surface area (Å²) in [6.45, 7) is 11.6. The number of carboxylic acid groups (broad SMARTS) is 1. The van der Waals surface area contributed by atoms with Gasteiger partial charge in [0.15, 0.2) is 5.60 Å². The van der Waals surface area contributed by atoms with Crippen LogP contribution in [0.5, 0.6) is 0 Å². The quantitative estimate of drug-likeness (QED) is 0.396. The van der Waals surface area contributed by atoms with E-state index in [1.807, 2.05) is 26.8 Å². The maximum atomic E-state index is 11.0. The first kappa shape index (κ1) is 24.5. The molecule has 0 bridgehead atoms. The zero-order chi connectivity index (χ0) is 20.8. The van der Waals surface area contributed by atoms with Crippen molar-refractivity contribution >= 4 is 5.97 Å². The lowest BCUT2D eigenvalue weighted by molar-refractivity contribution is -0.165. The van der Waals surface area contributed by atoms with Crippen LogP contribution in [0.2, 0.25) is 0 Å². The van der Waals surface area contributed by atoms with Gasteiger partial charge in [-0.05, 0) is 51.3 Å². The Bertz CT molecular complexity index is 573. The van der Waals surface area contributed by atoms with E-state index in [1.54, 1.807) is 26.0 Å². The van der Waals surface area contributed by atoms with Crippen LogP contribution in [0.15, 0.2) is 34.9 Å². The van der Waals surface area contributed by atoms with Gasteiger partial charge in [0.05, 0.1) is 12.2 Å². The lowest BCUT2D eigenvalue weighted by atomic mass is 9.88. The minimum absolute atomic E-state index is 0.184. The first-order valence-corrected chi connectivity index (χ1v) is 8.76. The van der Waals surface area contributed by atoms with Crippen molar-refractivity contribution in [1.82, 2.24) is 0 Å². The lowest BCUT2D eigenvalue weighted by Gasteiger charge is -2.27. The predicted molar refractivity (Wildman–Crippen MR) is 102 cm³/mol. The number of rotatable bonds is 9. The summed E-state index contributed by atoms with van der Waals surface area (Å²) in [6, 6.07) is 0. The molecular formula is C20H34O6. The molecule has 0 heterocycles. The molecule has 6 heteroatoms. The van der Waals surface area contributed by atoms with E-state index in [1.165, 1.54) is 6.92 Å². The largest absolute Gasteiger partial charge is 0.479 e. The number of aliphatic carboxylic acids is 1. The fraction of sp³-hybridized carbons (Fsp3) is 0.650. The smallest absolute Gasteiger partial charge is 0.338 e. The van der Waals surface area contributed by atoms with Crippen molar-refractivity contribution in [2.24, 2.45) is 11.8 Å². The van der Waals surface area contributed by atoms with Crippen LogP contribution in [0.4, 0.5) is 0 Å². The minimum Gasteiger partial charge on any atom is -0.479 e. The van der Waals surface area contributed by atoms with E-state index in [-0.39, 0.29) is 11.5 Å². The van der Waals surface area contributed by atoms with Crippen LogP contribution in [-0.2, 0) is 4.79 Å². The number of hydrogen-bond donors (Lipinski definition) is 5. The minimum atomic E-state index is -2.31. The van der Waals surface area contributed by atoms with E-state index in [2.05, 4.69) is 0 Å². The molecule has 0 saturated heterocycles. The molecule has 6 nitrogen and oxygen atoms in total. The van der Waals surface area contributed by atoms with E-state index in [4.69, 9.17) is 5.11 Å². The molecule has 0 saturated carbocycles. The third-order valence-corrected chi connectivity index (χ3v) is 4.83. The molecule has 0 rings (SSSR count). The highest BCUT2D eigenvalue weighted by Crippen LogP contribution is 2.23. The molecule has 0 aromatic carbocycles. The Morgan fingerprint density at radius 2 is 1.27 bits per heavy atom. The van der Waals surface area contributed by atoms with E-state index in [9.17, 15) is 25.2 Å². The van der Waals surface area contributed by atoms with Crippen LogP contribution in [0, 0.1) is 11.8 Å². The Hall–Kier alpha value is -1.47. The zero-order valence-corrected chi connectivity index (χ0v) is 16.8. The van der Waals surface area contributed by atoms with Crippen molar-refractivity contribution in [3.63, 3.8) is 0 Å². The standard InChI is InChI=1S/C20H34O6/c1-8-11(2)16(21)12(3)9-13(4)17(22)14(5)10-15(6)18(23)20(7,26)19(24)25/h8-10,12,14,16-18,21-23,26H,1-7H3,(H,24,25). The molecule has 0 fully saturated rings. The van der Waals surface area contributed by atoms with E-state index in [0.29, 0.717) is 5.57 Å². The molecule has 0 aliphatic rings. The van der Waals surface area contributed by atoms with E-state index in [0.717, 1.165) is 12.5 Å². The van der Waals surface area contributed by atoms with Crippen molar-refractivity contribution in [3.8, 4) is 0 Å². The Morgan fingerprint density at radius 3 is 1.65 bits per heavy atom. The van der Waals surface area contributed by atoms with Crippen LogP contribution >= 0.6 is 0 Å². The predicted octanol–water partition coefficient (Wildman–Crippen LogP) is 2.04. The Labute approximate surface area is 156 Å². The first-order valence-electron chi connectivity index (χ1n) is 8.76. The van der Waals surface area contributed by atoms with Crippen LogP contribution in [0.3, 0.4) is 0 Å². The molecule has 0 aliphatic carbocycles. The van der Waals surface area contributed by atoms with Gasteiger partial charge in [0.1, 0.15) is 6.10 Å². The molecule has 5 N–H and O–H groups in total. The molecule has 0 aromatic heterocycles. The summed E-state index contributed by atoms with van der Waals surface area (Å²) < 4.78 is 0. The van der Waals surface area contributed by atoms with Gasteiger partial charge in [-0.3, -0.25) is 0 Å². The molecular weight excluding hydrogens is 336 g/mol. The van der Waals surface area contributed by atoms with E-state index >= 15 is 0 Å². The normalized spacial score (nSPS) is 22.2. The summed E-state index contributed by atoms with van der Waals surface area (Å²) in [5, 5.41) is 49.6. The lowest BCUT2D eigenvalue weighted by Crippen LogP contribution is -2.47. The number of aliphatic hydroxyl groups is 4. The SMILES string of the molecule is CC=C(C)C(O)C(C)C=C(C)C(O)C(C)C=C(C)C(O)C(C)(O)C(=O)O. The molecule has 0 aromatic rings. The molecule has 6 unspecified atom stereocenters. The van der Waals surface area contributed by atoms with Crippen molar-refractivity contribution in [2.45, 2.75) is 72.4 Å². The van der Waals surface area contributed by atoms with E-state index < -0.39 is 35.8 Å². The summed E-state index contributed by atoms with van der Waals surface area (Å²) in [4.78, 5) is 11.0. The molecule has 0 amide bonds. The Kier molecular flexibility index (Phi) is 9.45. The van der Waals surface area contributed by atoms with Gasteiger partial charge in [0, 0.05) is 11.8 Å². The average Bonchev–Trinajstić information content (AvgIpc) is 2.57. The van der Waals surface area contributed by atoms with Crippen molar-refractivity contribution in [2.75, 3.05) is 0 Å². The highest BCUT2D eigenvalue weighted by molar-refractivity contribution is 5.78. The van der Waals surface area contributed by atoms with Crippen molar-refractivity contribution < 1.29 is 30.3 Å². The Balaban J connectivity index is 5.28. The third-order valence-electron chi connectivity index (χ3n) is 4.83.